The zero-order chi connectivity index (χ0) is 26.0. The number of aryl methyl sites for hydroxylation is 1. The Bertz CT molecular complexity index is 1530. The highest BCUT2D eigenvalue weighted by molar-refractivity contribution is 7.92. The van der Waals surface area contributed by atoms with Gasteiger partial charge in [0.1, 0.15) is 23.1 Å². The molecule has 0 aliphatic carbocycles. The van der Waals surface area contributed by atoms with Crippen LogP contribution >= 0.6 is 0 Å². The van der Waals surface area contributed by atoms with Crippen LogP contribution in [0.4, 0.5) is 10.2 Å². The number of hydrogen-bond donors (Lipinski definition) is 1. The van der Waals surface area contributed by atoms with Crippen molar-refractivity contribution >= 4 is 32.8 Å². The van der Waals surface area contributed by atoms with Gasteiger partial charge in [0.2, 0.25) is 15.7 Å². The van der Waals surface area contributed by atoms with E-state index in [0.29, 0.717) is 28.7 Å². The first-order chi connectivity index (χ1) is 17.1. The fourth-order valence-corrected chi connectivity index (χ4v) is 5.00. The summed E-state index contributed by atoms with van der Waals surface area (Å²) in [6.45, 7) is 1.84. The molecule has 4 aromatic rings. The van der Waals surface area contributed by atoms with Crippen LogP contribution < -0.4 is 14.4 Å². The maximum Gasteiger partial charge on any atom is 0.255 e. The number of hydrogen-bond acceptors (Lipinski definition) is 6. The van der Waals surface area contributed by atoms with E-state index >= 15 is 0 Å². The van der Waals surface area contributed by atoms with Gasteiger partial charge < -0.3 is 14.5 Å². The lowest BCUT2D eigenvalue weighted by Crippen LogP contribution is -2.33. The average molecular weight is 512 g/mol. The van der Waals surface area contributed by atoms with Gasteiger partial charge in [0.05, 0.1) is 24.3 Å². The molecule has 0 aliphatic rings. The molecule has 0 fully saturated rings. The summed E-state index contributed by atoms with van der Waals surface area (Å²) < 4.78 is 51.7. The molecule has 1 amide bonds. The normalized spacial score (nSPS) is 11.5. The van der Waals surface area contributed by atoms with Gasteiger partial charge in [0.25, 0.3) is 5.91 Å². The Morgan fingerprint density at radius 3 is 2.50 bits per heavy atom. The van der Waals surface area contributed by atoms with Gasteiger partial charge in [-0.15, -0.1) is 0 Å². The van der Waals surface area contributed by atoms with Gasteiger partial charge >= 0.3 is 0 Å². The number of benzene rings is 2. The third kappa shape index (κ3) is 4.90. The number of amides is 1. The van der Waals surface area contributed by atoms with E-state index in [4.69, 9.17) is 9.15 Å². The first-order valence-electron chi connectivity index (χ1n) is 11.2. The monoisotopic (exact) mass is 511 g/mol. The number of furan rings is 1. The number of methoxy groups -OCH3 is 1. The highest BCUT2D eigenvalue weighted by Crippen LogP contribution is 2.36. The number of fused-ring (bicyclic) bond motifs is 1. The summed E-state index contributed by atoms with van der Waals surface area (Å²) in [6.07, 6.45) is 1.50. The van der Waals surface area contributed by atoms with Crippen LogP contribution in [0.2, 0.25) is 0 Å². The number of pyridine rings is 1. The Hall–Kier alpha value is -3.92. The number of carbonyl (C=O) groups excluding carboxylic acids is 1. The van der Waals surface area contributed by atoms with Crippen LogP contribution in [0, 0.1) is 12.7 Å². The van der Waals surface area contributed by atoms with Gasteiger partial charge in [0, 0.05) is 19.2 Å². The number of carbonyl (C=O) groups is 1. The molecule has 188 valence electrons. The Kier molecular flexibility index (Phi) is 6.98. The number of nitrogens with one attached hydrogen (secondary N) is 1. The number of aromatic nitrogens is 1. The molecule has 0 saturated heterocycles. The Morgan fingerprint density at radius 2 is 1.86 bits per heavy atom. The smallest absolute Gasteiger partial charge is 0.255 e. The second-order valence-corrected chi connectivity index (χ2v) is 10.2. The summed E-state index contributed by atoms with van der Waals surface area (Å²) in [7, 11) is -0.657. The minimum Gasteiger partial charge on any atom is -0.496 e. The number of nitrogens with zero attached hydrogens (tertiary/aromatic N) is 2. The minimum absolute atomic E-state index is 0.0967. The molecule has 2 aromatic carbocycles. The van der Waals surface area contributed by atoms with Gasteiger partial charge in [-0.25, -0.2) is 12.8 Å². The van der Waals surface area contributed by atoms with Crippen LogP contribution in [-0.2, 0) is 16.4 Å². The van der Waals surface area contributed by atoms with Gasteiger partial charge in [-0.3, -0.25) is 9.10 Å². The summed E-state index contributed by atoms with van der Waals surface area (Å²) >= 11 is 0. The van der Waals surface area contributed by atoms with E-state index in [1.807, 2.05) is 24.3 Å². The number of sulfonamides is 1. The van der Waals surface area contributed by atoms with Crippen molar-refractivity contribution in [3.05, 3.63) is 77.1 Å². The minimum atomic E-state index is -3.71. The van der Waals surface area contributed by atoms with Gasteiger partial charge in [-0.2, -0.15) is 4.98 Å². The molecule has 8 nitrogen and oxygen atoms in total. The molecule has 1 N–H and O–H groups in total. The van der Waals surface area contributed by atoms with E-state index in [2.05, 4.69) is 10.3 Å². The molecule has 0 atom stereocenters. The fraction of sp³-hybridized carbons (Fsp3) is 0.231. The molecular formula is C26H26FN3O5S. The van der Waals surface area contributed by atoms with Crippen LogP contribution in [0.5, 0.6) is 5.75 Å². The number of halogens is 1. The van der Waals surface area contributed by atoms with Gasteiger partial charge in [-0.05, 0) is 60.9 Å². The van der Waals surface area contributed by atoms with Gasteiger partial charge in [-0.1, -0.05) is 18.2 Å². The molecule has 2 aromatic heterocycles. The summed E-state index contributed by atoms with van der Waals surface area (Å²) in [6, 6.07) is 14.6. The van der Waals surface area contributed by atoms with E-state index in [9.17, 15) is 17.6 Å². The van der Waals surface area contributed by atoms with Crippen LogP contribution in [0.15, 0.2) is 59.0 Å². The molecule has 0 radical (unpaired) electrons. The van der Waals surface area contributed by atoms with Crippen molar-refractivity contribution in [1.29, 1.82) is 0 Å². The van der Waals surface area contributed by atoms with Crippen LogP contribution in [0.3, 0.4) is 0 Å². The number of rotatable bonds is 8. The molecule has 4 rings (SSSR count). The summed E-state index contributed by atoms with van der Waals surface area (Å²) in [5.41, 5.74) is 2.22. The van der Waals surface area contributed by atoms with Crippen LogP contribution in [-0.4, -0.2) is 46.3 Å². The Balaban J connectivity index is 1.83. The predicted octanol–water partition coefficient (Wildman–Crippen LogP) is 4.32. The maximum absolute atomic E-state index is 13.5. The van der Waals surface area contributed by atoms with Crippen LogP contribution in [0.1, 0.15) is 21.5 Å². The zero-order valence-corrected chi connectivity index (χ0v) is 21.1. The second kappa shape index (κ2) is 9.98. The molecule has 0 unspecified atom stereocenters. The topological polar surface area (TPSA) is 102 Å². The second-order valence-electron chi connectivity index (χ2n) is 8.27. The highest BCUT2D eigenvalue weighted by Gasteiger charge is 2.27. The van der Waals surface area contributed by atoms with E-state index in [1.165, 1.54) is 35.6 Å². The SMILES string of the molecule is CNC(=O)c1c(-c2ccc(F)cc2)oc2nc(N(CCc3ccccc3OC)S(C)(=O)=O)c(C)cc12. The first-order valence-corrected chi connectivity index (χ1v) is 13.0. The summed E-state index contributed by atoms with van der Waals surface area (Å²) in [5.74, 6) is 0.247. The molecule has 10 heteroatoms. The van der Waals surface area contributed by atoms with Crippen molar-refractivity contribution in [2.24, 2.45) is 0 Å². The van der Waals surface area contributed by atoms with E-state index in [1.54, 1.807) is 20.1 Å². The standard InChI is InChI=1S/C26H26FN3O5S/c1-16-15-20-22(25(31)28-2)23(18-9-11-19(27)12-10-18)35-26(20)29-24(16)30(36(4,32)33)14-13-17-7-5-6-8-21(17)34-3/h5-12,15H,13-14H2,1-4H3,(H,28,31). The van der Waals surface area contributed by atoms with Gasteiger partial charge in [0.15, 0.2) is 0 Å². The van der Waals surface area contributed by atoms with Crippen LogP contribution in [0.25, 0.3) is 22.4 Å². The highest BCUT2D eigenvalue weighted by atomic mass is 32.2. The third-order valence-corrected chi connectivity index (χ3v) is 6.98. The third-order valence-electron chi connectivity index (χ3n) is 5.82. The van der Waals surface area contributed by atoms with E-state index in [-0.39, 0.29) is 29.4 Å². The lowest BCUT2D eigenvalue weighted by atomic mass is 10.0. The molecule has 0 bridgehead atoms. The van der Waals surface area contributed by atoms with Crippen molar-refractivity contribution in [2.45, 2.75) is 13.3 Å². The van der Waals surface area contributed by atoms with Crippen molar-refractivity contribution in [1.82, 2.24) is 10.3 Å². The van der Waals surface area contributed by atoms with Crippen molar-refractivity contribution in [3.8, 4) is 17.1 Å². The Labute approximate surface area is 208 Å². The molecule has 0 saturated carbocycles. The average Bonchev–Trinajstić information content (AvgIpc) is 3.21. The van der Waals surface area contributed by atoms with Crippen molar-refractivity contribution in [2.75, 3.05) is 31.3 Å². The fourth-order valence-electron chi connectivity index (χ4n) is 4.08. The molecule has 2 heterocycles. The van der Waals surface area contributed by atoms with Crippen molar-refractivity contribution in [3.63, 3.8) is 0 Å². The molecule has 36 heavy (non-hydrogen) atoms. The number of para-hydroxylation sites is 1. The number of anilines is 1. The predicted molar refractivity (Wildman–Crippen MR) is 136 cm³/mol. The number of ether oxygens (including phenoxy) is 1. The summed E-state index contributed by atoms with van der Waals surface area (Å²) in [5, 5.41) is 3.02. The van der Waals surface area contributed by atoms with E-state index < -0.39 is 21.7 Å². The molecule has 0 spiro atoms. The maximum atomic E-state index is 13.5. The first kappa shape index (κ1) is 25.2. The molecular weight excluding hydrogens is 485 g/mol. The Morgan fingerprint density at radius 1 is 1.17 bits per heavy atom. The zero-order valence-electron chi connectivity index (χ0n) is 20.3. The molecule has 0 aliphatic heterocycles. The lowest BCUT2D eigenvalue weighted by molar-refractivity contribution is 0.0964. The largest absolute Gasteiger partial charge is 0.496 e. The van der Waals surface area contributed by atoms with Crippen molar-refractivity contribution < 1.29 is 26.8 Å². The quantitative estimate of drug-likeness (QED) is 0.378. The lowest BCUT2D eigenvalue weighted by Gasteiger charge is -2.23. The summed E-state index contributed by atoms with van der Waals surface area (Å²) in [4.78, 5) is 17.3. The van der Waals surface area contributed by atoms with E-state index in [0.717, 1.165) is 11.8 Å².